The number of aromatic nitrogens is 2. The lowest BCUT2D eigenvalue weighted by molar-refractivity contribution is -0.128. The summed E-state index contributed by atoms with van der Waals surface area (Å²) in [5.74, 6) is 0.0444. The van der Waals surface area contributed by atoms with Gasteiger partial charge in [-0.2, -0.15) is 0 Å². The summed E-state index contributed by atoms with van der Waals surface area (Å²) >= 11 is 0. The zero-order chi connectivity index (χ0) is 25.0. The topological polar surface area (TPSA) is 130 Å². The van der Waals surface area contributed by atoms with Crippen molar-refractivity contribution in [2.75, 3.05) is 37.3 Å². The van der Waals surface area contributed by atoms with Crippen LogP contribution in [0.4, 0.5) is 5.82 Å². The normalized spacial score (nSPS) is 20.8. The van der Waals surface area contributed by atoms with Gasteiger partial charge in [0.2, 0.25) is 5.91 Å². The Balaban J connectivity index is 1.22. The van der Waals surface area contributed by atoms with Crippen LogP contribution in [-0.2, 0) is 26.0 Å². The number of anilines is 1. The number of esters is 1. The molecule has 2 saturated heterocycles. The Labute approximate surface area is 203 Å². The van der Waals surface area contributed by atoms with E-state index in [4.69, 9.17) is 4.74 Å². The largest absolute Gasteiger partial charge is 0.457 e. The highest BCUT2D eigenvalue weighted by Crippen LogP contribution is 2.43. The van der Waals surface area contributed by atoms with Gasteiger partial charge >= 0.3 is 5.97 Å². The number of carbonyl (C=O) groups is 2. The summed E-state index contributed by atoms with van der Waals surface area (Å²) < 4.78 is 28.4. The molecule has 0 saturated carbocycles. The molecule has 186 valence electrons. The molecule has 0 bridgehead atoms. The van der Waals surface area contributed by atoms with Gasteiger partial charge in [-0.05, 0) is 56.5 Å². The molecule has 5 rings (SSSR count). The Hall–Kier alpha value is -2.89. The van der Waals surface area contributed by atoms with Gasteiger partial charge in [-0.3, -0.25) is 9.69 Å². The van der Waals surface area contributed by atoms with Crippen molar-refractivity contribution >= 4 is 27.5 Å². The average molecular weight is 501 g/mol. The van der Waals surface area contributed by atoms with E-state index in [0.717, 1.165) is 22.9 Å². The number of nitrogens with zero attached hydrogens (tertiary/aromatic N) is 4. The standard InChI is InChI=1S/C24H28N4O6S/c1-15-16(3-4-17-18(15)14-34-22(17)30)19(29)13-27-8-5-24(6-9-27)7-10-28(23(24)31)20-11-26-21(12-25-20)35(2,32)33/h3-4,11-12,19,29H,5-10,13-14H2,1-2H3/t19-/m0/s1. The van der Waals surface area contributed by atoms with E-state index in [2.05, 4.69) is 14.9 Å². The number of amides is 1. The number of benzene rings is 1. The number of sulfone groups is 1. The minimum atomic E-state index is -3.45. The first kappa shape index (κ1) is 23.8. The first-order valence-electron chi connectivity index (χ1n) is 11.6. The minimum absolute atomic E-state index is 0.00163. The summed E-state index contributed by atoms with van der Waals surface area (Å²) in [5.41, 5.74) is 2.62. The summed E-state index contributed by atoms with van der Waals surface area (Å²) in [6.45, 7) is 4.47. The first-order chi connectivity index (χ1) is 16.6. The van der Waals surface area contributed by atoms with Gasteiger partial charge in [0.25, 0.3) is 0 Å². The zero-order valence-electron chi connectivity index (χ0n) is 19.7. The second-order valence-corrected chi connectivity index (χ2v) is 11.6. The van der Waals surface area contributed by atoms with Gasteiger partial charge in [0, 0.05) is 24.9 Å². The van der Waals surface area contributed by atoms with Gasteiger partial charge in [0.1, 0.15) is 6.61 Å². The van der Waals surface area contributed by atoms with E-state index in [0.29, 0.717) is 56.8 Å². The van der Waals surface area contributed by atoms with Crippen LogP contribution >= 0.6 is 0 Å². The monoisotopic (exact) mass is 500 g/mol. The molecule has 0 unspecified atom stereocenters. The Morgan fingerprint density at radius 1 is 1.11 bits per heavy atom. The molecule has 4 heterocycles. The van der Waals surface area contributed by atoms with Crippen molar-refractivity contribution < 1.29 is 27.9 Å². The van der Waals surface area contributed by atoms with Crippen molar-refractivity contribution in [2.45, 2.75) is 43.9 Å². The maximum Gasteiger partial charge on any atom is 0.338 e. The second-order valence-electron chi connectivity index (χ2n) is 9.67. The molecule has 2 fully saturated rings. The van der Waals surface area contributed by atoms with E-state index in [1.165, 1.54) is 12.4 Å². The summed E-state index contributed by atoms with van der Waals surface area (Å²) in [6, 6.07) is 3.52. The minimum Gasteiger partial charge on any atom is -0.457 e. The lowest BCUT2D eigenvalue weighted by atomic mass is 9.77. The number of aliphatic hydroxyl groups is 1. The SMILES string of the molecule is Cc1c([C@@H](O)CN2CCC3(CC2)CCN(c2cnc(S(C)(=O)=O)cn2)C3=O)ccc2c1COC2=O. The van der Waals surface area contributed by atoms with Crippen molar-refractivity contribution in [3.05, 3.63) is 46.8 Å². The fourth-order valence-corrected chi connectivity index (χ4v) is 5.87. The number of piperidine rings is 1. The molecule has 1 spiro atoms. The number of hydrogen-bond donors (Lipinski definition) is 1. The smallest absolute Gasteiger partial charge is 0.338 e. The van der Waals surface area contributed by atoms with E-state index in [-0.39, 0.29) is 23.5 Å². The maximum atomic E-state index is 13.3. The molecule has 11 heteroatoms. The molecule has 1 N–H and O–H groups in total. The summed E-state index contributed by atoms with van der Waals surface area (Å²) in [6.07, 6.45) is 4.95. The van der Waals surface area contributed by atoms with Crippen LogP contribution in [0.3, 0.4) is 0 Å². The van der Waals surface area contributed by atoms with Crippen molar-refractivity contribution in [1.29, 1.82) is 0 Å². The quantitative estimate of drug-likeness (QED) is 0.606. The van der Waals surface area contributed by atoms with Crippen LogP contribution in [0.5, 0.6) is 0 Å². The second kappa shape index (κ2) is 8.65. The van der Waals surface area contributed by atoms with E-state index >= 15 is 0 Å². The number of likely N-dealkylation sites (tertiary alicyclic amines) is 1. The highest BCUT2D eigenvalue weighted by Gasteiger charge is 2.49. The number of ether oxygens (including phenoxy) is 1. The lowest BCUT2D eigenvalue weighted by Gasteiger charge is -2.38. The summed E-state index contributed by atoms with van der Waals surface area (Å²) in [7, 11) is -3.45. The third-order valence-electron chi connectivity index (χ3n) is 7.59. The number of aliphatic hydroxyl groups excluding tert-OH is 1. The number of fused-ring (bicyclic) bond motifs is 1. The molecule has 0 radical (unpaired) electrons. The highest BCUT2D eigenvalue weighted by molar-refractivity contribution is 7.90. The Bertz CT molecular complexity index is 1290. The number of cyclic esters (lactones) is 1. The Morgan fingerprint density at radius 3 is 2.49 bits per heavy atom. The molecule has 35 heavy (non-hydrogen) atoms. The van der Waals surface area contributed by atoms with E-state index in [9.17, 15) is 23.1 Å². The van der Waals surface area contributed by atoms with Crippen LogP contribution in [0.25, 0.3) is 0 Å². The molecular weight excluding hydrogens is 472 g/mol. The van der Waals surface area contributed by atoms with Gasteiger partial charge in [-0.15, -0.1) is 0 Å². The number of hydrogen-bond acceptors (Lipinski definition) is 9. The predicted molar refractivity (Wildman–Crippen MR) is 125 cm³/mol. The highest BCUT2D eigenvalue weighted by atomic mass is 32.2. The molecule has 1 atom stereocenters. The number of carbonyl (C=O) groups excluding carboxylic acids is 2. The molecule has 1 amide bonds. The third kappa shape index (κ3) is 4.21. The molecular formula is C24H28N4O6S. The third-order valence-corrected chi connectivity index (χ3v) is 8.57. The Morgan fingerprint density at radius 2 is 1.83 bits per heavy atom. The van der Waals surface area contributed by atoms with Gasteiger partial charge in [0.15, 0.2) is 20.7 Å². The van der Waals surface area contributed by atoms with Crippen LogP contribution in [0.2, 0.25) is 0 Å². The molecule has 1 aromatic heterocycles. The van der Waals surface area contributed by atoms with Crippen molar-refractivity contribution in [3.63, 3.8) is 0 Å². The van der Waals surface area contributed by atoms with Crippen LogP contribution in [0, 0.1) is 12.3 Å². The predicted octanol–water partition coefficient (Wildman–Crippen LogP) is 1.41. The van der Waals surface area contributed by atoms with Crippen LogP contribution in [0.1, 0.15) is 52.4 Å². The van der Waals surface area contributed by atoms with Gasteiger partial charge in [-0.1, -0.05) is 6.07 Å². The molecule has 1 aromatic carbocycles. The Kier molecular flexibility index (Phi) is 5.89. The van der Waals surface area contributed by atoms with Gasteiger partial charge in [-0.25, -0.2) is 23.2 Å². The van der Waals surface area contributed by atoms with E-state index < -0.39 is 21.4 Å². The van der Waals surface area contributed by atoms with Crippen LogP contribution in [-0.4, -0.2) is 72.7 Å². The maximum absolute atomic E-state index is 13.3. The fraction of sp³-hybridized carbons (Fsp3) is 0.500. The fourth-order valence-electron chi connectivity index (χ4n) is 5.38. The molecule has 3 aliphatic rings. The molecule has 10 nitrogen and oxygen atoms in total. The summed E-state index contributed by atoms with van der Waals surface area (Å²) in [5, 5.41) is 10.8. The van der Waals surface area contributed by atoms with Gasteiger partial charge < -0.3 is 14.7 Å². The van der Waals surface area contributed by atoms with Crippen LogP contribution in [0.15, 0.2) is 29.6 Å². The first-order valence-corrected chi connectivity index (χ1v) is 13.5. The van der Waals surface area contributed by atoms with Crippen LogP contribution < -0.4 is 4.90 Å². The summed E-state index contributed by atoms with van der Waals surface area (Å²) in [4.78, 5) is 37.0. The van der Waals surface area contributed by atoms with E-state index in [1.807, 2.05) is 6.92 Å². The molecule has 2 aromatic rings. The number of rotatable bonds is 5. The van der Waals surface area contributed by atoms with E-state index in [1.54, 1.807) is 17.0 Å². The number of β-amino-alcohol motifs (C(OH)–C–C–N with tert-alkyl or cyclic N) is 1. The van der Waals surface area contributed by atoms with Gasteiger partial charge in [0.05, 0.1) is 29.5 Å². The zero-order valence-corrected chi connectivity index (χ0v) is 20.5. The van der Waals surface area contributed by atoms with Crippen molar-refractivity contribution in [1.82, 2.24) is 14.9 Å². The lowest BCUT2D eigenvalue weighted by Crippen LogP contribution is -2.45. The molecule has 0 aliphatic carbocycles. The van der Waals surface area contributed by atoms with Crippen molar-refractivity contribution in [3.8, 4) is 0 Å². The molecule has 3 aliphatic heterocycles. The average Bonchev–Trinajstić information content (AvgIpc) is 3.36. The van der Waals surface area contributed by atoms with Crippen molar-refractivity contribution in [2.24, 2.45) is 5.41 Å².